The predicted molar refractivity (Wildman–Crippen MR) is 107 cm³/mol. The van der Waals surface area contributed by atoms with E-state index in [4.69, 9.17) is 23.2 Å². The van der Waals surface area contributed by atoms with Crippen LogP contribution >= 0.6 is 23.2 Å². The monoisotopic (exact) mass is 389 g/mol. The van der Waals surface area contributed by atoms with Crippen LogP contribution in [-0.2, 0) is 6.54 Å². The van der Waals surface area contributed by atoms with Gasteiger partial charge in [0.1, 0.15) is 5.84 Å². The molecule has 1 aliphatic heterocycles. The molecule has 3 rings (SSSR count). The van der Waals surface area contributed by atoms with E-state index in [9.17, 15) is 4.79 Å². The lowest BCUT2D eigenvalue weighted by Gasteiger charge is -2.26. The fraction of sp³-hybridized carbons (Fsp3) is 0.300. The van der Waals surface area contributed by atoms with Gasteiger partial charge in [-0.2, -0.15) is 0 Å². The van der Waals surface area contributed by atoms with E-state index in [-0.39, 0.29) is 11.3 Å². The van der Waals surface area contributed by atoms with Gasteiger partial charge in [-0.25, -0.2) is 0 Å². The quantitative estimate of drug-likeness (QED) is 0.800. The first kappa shape index (κ1) is 18.7. The Morgan fingerprint density at radius 3 is 2.69 bits per heavy atom. The predicted octanol–water partition coefficient (Wildman–Crippen LogP) is 4.30. The standard InChI is InChI=1S/C20H21Cl2N3O/c1-20(2,11-24-18-15-6-4-3-5-13(15)10-23-18)12-25-19(26)16-8-7-14(21)9-17(16)22/h3-9H,10-12H2,1-2H3,(H,23,24)(H,25,26). The third-order valence-electron chi connectivity index (χ3n) is 4.32. The van der Waals surface area contributed by atoms with Crippen LogP contribution in [0.2, 0.25) is 10.0 Å². The Morgan fingerprint density at radius 1 is 1.15 bits per heavy atom. The molecule has 0 saturated carbocycles. The van der Waals surface area contributed by atoms with Crippen molar-refractivity contribution in [3.05, 3.63) is 69.2 Å². The molecule has 1 heterocycles. The van der Waals surface area contributed by atoms with Crippen molar-refractivity contribution in [2.75, 3.05) is 13.1 Å². The van der Waals surface area contributed by atoms with E-state index in [1.807, 2.05) is 12.1 Å². The third-order valence-corrected chi connectivity index (χ3v) is 4.87. The van der Waals surface area contributed by atoms with Gasteiger partial charge in [-0.05, 0) is 29.2 Å². The minimum absolute atomic E-state index is 0.158. The van der Waals surface area contributed by atoms with Gasteiger partial charge < -0.3 is 10.6 Å². The average molecular weight is 390 g/mol. The van der Waals surface area contributed by atoms with Gasteiger partial charge in [0.05, 0.1) is 17.1 Å². The summed E-state index contributed by atoms with van der Waals surface area (Å²) in [4.78, 5) is 16.9. The van der Waals surface area contributed by atoms with Crippen LogP contribution in [0.3, 0.4) is 0 Å². The normalized spacial score (nSPS) is 13.2. The fourth-order valence-electron chi connectivity index (χ4n) is 2.76. The Labute approximate surface area is 163 Å². The largest absolute Gasteiger partial charge is 0.369 e. The number of benzene rings is 2. The minimum atomic E-state index is -0.205. The molecule has 26 heavy (non-hydrogen) atoms. The zero-order chi connectivity index (χ0) is 18.7. The molecule has 0 bridgehead atoms. The van der Waals surface area contributed by atoms with Gasteiger partial charge in [0.15, 0.2) is 0 Å². The van der Waals surface area contributed by atoms with Crippen LogP contribution < -0.4 is 10.6 Å². The lowest BCUT2D eigenvalue weighted by atomic mass is 9.93. The summed E-state index contributed by atoms with van der Waals surface area (Å²) in [5.74, 6) is 0.712. The summed E-state index contributed by atoms with van der Waals surface area (Å²) in [6.07, 6.45) is 0. The third kappa shape index (κ3) is 4.37. The van der Waals surface area contributed by atoms with Crippen molar-refractivity contribution in [3.63, 3.8) is 0 Å². The molecule has 0 unspecified atom stereocenters. The number of amidine groups is 1. The molecule has 0 atom stereocenters. The Morgan fingerprint density at radius 2 is 1.92 bits per heavy atom. The number of fused-ring (bicyclic) bond motifs is 1. The lowest BCUT2D eigenvalue weighted by molar-refractivity contribution is 0.0937. The second-order valence-electron chi connectivity index (χ2n) is 7.15. The molecule has 1 amide bonds. The van der Waals surface area contributed by atoms with Crippen LogP contribution in [0, 0.1) is 5.41 Å². The maximum Gasteiger partial charge on any atom is 0.252 e. The molecule has 6 heteroatoms. The fourth-order valence-corrected chi connectivity index (χ4v) is 3.26. The number of carbonyl (C=O) groups is 1. The van der Waals surface area contributed by atoms with E-state index in [0.717, 1.165) is 11.4 Å². The number of hydrogen-bond donors (Lipinski definition) is 2. The van der Waals surface area contributed by atoms with E-state index in [1.165, 1.54) is 5.56 Å². The van der Waals surface area contributed by atoms with Crippen LogP contribution in [0.15, 0.2) is 47.5 Å². The second-order valence-corrected chi connectivity index (χ2v) is 7.99. The number of amides is 1. The first-order chi connectivity index (χ1) is 12.4. The molecule has 2 aromatic carbocycles. The Bertz CT molecular complexity index is 862. The van der Waals surface area contributed by atoms with E-state index >= 15 is 0 Å². The lowest BCUT2D eigenvalue weighted by Crippen LogP contribution is -2.42. The van der Waals surface area contributed by atoms with E-state index in [2.05, 4.69) is 41.6 Å². The number of nitrogens with one attached hydrogen (secondary N) is 2. The molecule has 0 aromatic heterocycles. The Hall–Kier alpha value is -2.04. The molecule has 0 spiro atoms. The molecule has 2 aromatic rings. The highest BCUT2D eigenvalue weighted by atomic mass is 35.5. The van der Waals surface area contributed by atoms with Crippen molar-refractivity contribution in [1.29, 1.82) is 0 Å². The smallest absolute Gasteiger partial charge is 0.252 e. The summed E-state index contributed by atoms with van der Waals surface area (Å²) in [6, 6.07) is 13.1. The number of nitrogens with zero attached hydrogens (tertiary/aromatic N) is 1. The summed E-state index contributed by atoms with van der Waals surface area (Å²) >= 11 is 12.0. The number of halogens is 2. The first-order valence-corrected chi connectivity index (χ1v) is 9.21. The van der Waals surface area contributed by atoms with E-state index < -0.39 is 0 Å². The second kappa shape index (κ2) is 7.68. The maximum atomic E-state index is 12.4. The van der Waals surface area contributed by atoms with E-state index in [0.29, 0.717) is 35.2 Å². The first-order valence-electron chi connectivity index (χ1n) is 8.46. The zero-order valence-electron chi connectivity index (χ0n) is 14.8. The van der Waals surface area contributed by atoms with Crippen LogP contribution in [-0.4, -0.2) is 24.8 Å². The number of aliphatic imine (C=N–C) groups is 1. The molecular formula is C20H21Cl2N3O. The molecule has 0 saturated heterocycles. The van der Waals surface area contributed by atoms with Crippen molar-refractivity contribution in [2.45, 2.75) is 20.4 Å². The van der Waals surface area contributed by atoms with Crippen LogP contribution in [0.25, 0.3) is 0 Å². The number of carbonyl (C=O) groups excluding carboxylic acids is 1. The maximum absolute atomic E-state index is 12.4. The van der Waals surface area contributed by atoms with Crippen molar-refractivity contribution in [3.8, 4) is 0 Å². The summed E-state index contributed by atoms with van der Waals surface area (Å²) in [5, 5.41) is 7.22. The van der Waals surface area contributed by atoms with Crippen molar-refractivity contribution >= 4 is 34.9 Å². The molecular weight excluding hydrogens is 369 g/mol. The van der Waals surface area contributed by atoms with Crippen LogP contribution in [0.5, 0.6) is 0 Å². The van der Waals surface area contributed by atoms with Gasteiger partial charge in [-0.3, -0.25) is 9.79 Å². The molecule has 2 N–H and O–H groups in total. The Kier molecular flexibility index (Phi) is 5.54. The van der Waals surface area contributed by atoms with Gasteiger partial charge >= 0.3 is 0 Å². The van der Waals surface area contributed by atoms with Gasteiger partial charge in [-0.15, -0.1) is 0 Å². The number of rotatable bonds is 5. The van der Waals surface area contributed by atoms with Gasteiger partial charge in [0.2, 0.25) is 0 Å². The Balaban J connectivity index is 1.55. The molecule has 136 valence electrons. The van der Waals surface area contributed by atoms with Crippen molar-refractivity contribution in [2.24, 2.45) is 10.4 Å². The van der Waals surface area contributed by atoms with Gasteiger partial charge in [0.25, 0.3) is 5.91 Å². The topological polar surface area (TPSA) is 53.5 Å². The summed E-state index contributed by atoms with van der Waals surface area (Å²) in [7, 11) is 0. The van der Waals surface area contributed by atoms with Gasteiger partial charge in [-0.1, -0.05) is 61.3 Å². The highest BCUT2D eigenvalue weighted by molar-refractivity contribution is 6.36. The van der Waals surface area contributed by atoms with Gasteiger partial charge in [0, 0.05) is 23.7 Å². The molecule has 0 aliphatic carbocycles. The zero-order valence-corrected chi connectivity index (χ0v) is 16.3. The highest BCUT2D eigenvalue weighted by Crippen LogP contribution is 2.22. The minimum Gasteiger partial charge on any atom is -0.369 e. The highest BCUT2D eigenvalue weighted by Gasteiger charge is 2.22. The summed E-state index contributed by atoms with van der Waals surface area (Å²) in [6.45, 7) is 6.09. The van der Waals surface area contributed by atoms with Crippen LogP contribution in [0.4, 0.5) is 0 Å². The summed E-state index contributed by atoms with van der Waals surface area (Å²) in [5.41, 5.74) is 2.65. The number of hydrogen-bond acceptors (Lipinski definition) is 3. The molecule has 0 fully saturated rings. The molecule has 4 nitrogen and oxygen atoms in total. The SMILES string of the molecule is CC(C)(CNC(=O)c1ccc(Cl)cc1Cl)CNC1=NCc2ccccc21. The van der Waals surface area contributed by atoms with Crippen LogP contribution in [0.1, 0.15) is 35.3 Å². The van der Waals surface area contributed by atoms with Crippen molar-refractivity contribution in [1.82, 2.24) is 10.6 Å². The average Bonchev–Trinajstić information content (AvgIpc) is 3.01. The molecule has 0 radical (unpaired) electrons. The van der Waals surface area contributed by atoms with E-state index in [1.54, 1.807) is 18.2 Å². The molecule has 1 aliphatic rings. The summed E-state index contributed by atoms with van der Waals surface area (Å²) < 4.78 is 0. The van der Waals surface area contributed by atoms with Crippen molar-refractivity contribution < 1.29 is 4.79 Å².